The van der Waals surface area contributed by atoms with Crippen molar-refractivity contribution in [1.82, 2.24) is 4.57 Å². The Morgan fingerprint density at radius 1 is 1.26 bits per heavy atom. The van der Waals surface area contributed by atoms with Crippen molar-refractivity contribution in [3.8, 4) is 23.3 Å². The number of benzene rings is 1. The lowest BCUT2D eigenvalue weighted by atomic mass is 10.2. The van der Waals surface area contributed by atoms with E-state index >= 15 is 0 Å². The topological polar surface area (TPSA) is 86.2 Å². The molecular formula is C13H9FN2O3. The predicted octanol–water partition coefficient (Wildman–Crippen LogP) is 2.10. The lowest BCUT2D eigenvalue weighted by Crippen LogP contribution is -2.06. The summed E-state index contributed by atoms with van der Waals surface area (Å²) in [4.78, 5) is 11.5. The molecule has 0 aliphatic rings. The molecule has 6 heteroatoms. The van der Waals surface area contributed by atoms with Crippen LogP contribution < -0.4 is 0 Å². The van der Waals surface area contributed by atoms with Gasteiger partial charge in [0.25, 0.3) is 0 Å². The molecule has 19 heavy (non-hydrogen) atoms. The van der Waals surface area contributed by atoms with Gasteiger partial charge < -0.3 is 10.2 Å². The molecule has 0 amide bonds. The molecule has 0 atom stereocenters. The second-order valence-electron chi connectivity index (χ2n) is 3.87. The van der Waals surface area contributed by atoms with Gasteiger partial charge in [-0.3, -0.25) is 9.36 Å². The van der Waals surface area contributed by atoms with E-state index in [4.69, 9.17) is 5.26 Å². The van der Waals surface area contributed by atoms with Crippen LogP contribution in [0.3, 0.4) is 0 Å². The third-order valence-corrected chi connectivity index (χ3v) is 2.64. The first-order valence-electron chi connectivity index (χ1n) is 5.31. The second-order valence-corrected chi connectivity index (χ2v) is 3.87. The molecule has 0 unspecified atom stereocenters. The molecule has 1 aromatic carbocycles. The second kappa shape index (κ2) is 4.46. The van der Waals surface area contributed by atoms with Crippen molar-refractivity contribution in [3.63, 3.8) is 0 Å². The first kappa shape index (κ1) is 12.6. The highest BCUT2D eigenvalue weighted by Gasteiger charge is 2.25. The molecule has 2 rings (SSSR count). The molecule has 1 aromatic heterocycles. The molecule has 0 bridgehead atoms. The first-order chi connectivity index (χ1) is 8.97. The summed E-state index contributed by atoms with van der Waals surface area (Å²) < 4.78 is 14.0. The van der Waals surface area contributed by atoms with E-state index in [1.165, 1.54) is 19.1 Å². The van der Waals surface area contributed by atoms with Gasteiger partial charge >= 0.3 is 0 Å². The van der Waals surface area contributed by atoms with Crippen LogP contribution in [0, 0.1) is 17.1 Å². The van der Waals surface area contributed by atoms with E-state index in [1.54, 1.807) is 6.07 Å². The van der Waals surface area contributed by atoms with E-state index in [-0.39, 0.29) is 11.4 Å². The van der Waals surface area contributed by atoms with Gasteiger partial charge in [0.05, 0.1) is 0 Å². The summed E-state index contributed by atoms with van der Waals surface area (Å²) in [7, 11) is 0. The van der Waals surface area contributed by atoms with Crippen molar-refractivity contribution >= 4 is 5.78 Å². The molecule has 0 aliphatic carbocycles. The van der Waals surface area contributed by atoms with Crippen molar-refractivity contribution in [2.24, 2.45) is 0 Å². The monoisotopic (exact) mass is 260 g/mol. The highest BCUT2D eigenvalue weighted by atomic mass is 19.1. The standard InChI is InChI=1S/C13H9FN2O3/c1-7(17)11-13(19)12(18)10(6-15)16(11)9-4-2-8(14)3-5-9/h2-5,18-19H,1H3. The number of aromatic nitrogens is 1. The molecule has 96 valence electrons. The lowest BCUT2D eigenvalue weighted by molar-refractivity contribution is 0.100. The Morgan fingerprint density at radius 2 is 1.84 bits per heavy atom. The number of Topliss-reactive ketones (excluding diaryl/α,β-unsaturated/α-hetero) is 1. The van der Waals surface area contributed by atoms with Crippen molar-refractivity contribution < 1.29 is 19.4 Å². The van der Waals surface area contributed by atoms with Crippen LogP contribution >= 0.6 is 0 Å². The van der Waals surface area contributed by atoms with Gasteiger partial charge in [-0.2, -0.15) is 5.26 Å². The number of carbonyl (C=O) groups is 1. The summed E-state index contributed by atoms with van der Waals surface area (Å²) in [6, 6.07) is 6.66. The highest BCUT2D eigenvalue weighted by molar-refractivity contribution is 5.97. The predicted molar refractivity (Wildman–Crippen MR) is 63.8 cm³/mol. The average molecular weight is 260 g/mol. The maximum atomic E-state index is 12.9. The van der Waals surface area contributed by atoms with Crippen molar-refractivity contribution in [2.45, 2.75) is 6.92 Å². The Labute approximate surface area is 107 Å². The fraction of sp³-hybridized carbons (Fsp3) is 0.0769. The zero-order valence-electron chi connectivity index (χ0n) is 9.88. The van der Waals surface area contributed by atoms with E-state index in [0.29, 0.717) is 5.69 Å². The summed E-state index contributed by atoms with van der Waals surface area (Å²) in [5.74, 6) is -2.34. The van der Waals surface area contributed by atoms with Crippen LogP contribution in [0.2, 0.25) is 0 Å². The van der Waals surface area contributed by atoms with E-state index in [9.17, 15) is 19.4 Å². The number of halogens is 1. The summed E-state index contributed by atoms with van der Waals surface area (Å²) in [5, 5.41) is 28.4. The van der Waals surface area contributed by atoms with Crippen LogP contribution in [-0.2, 0) is 0 Å². The number of nitriles is 1. The van der Waals surface area contributed by atoms with Crippen LogP contribution in [0.1, 0.15) is 23.1 Å². The number of rotatable bonds is 2. The molecule has 0 fully saturated rings. The van der Waals surface area contributed by atoms with Gasteiger partial charge in [0.2, 0.25) is 0 Å². The van der Waals surface area contributed by atoms with Gasteiger partial charge in [-0.15, -0.1) is 0 Å². The fourth-order valence-corrected chi connectivity index (χ4v) is 1.82. The molecular weight excluding hydrogens is 251 g/mol. The van der Waals surface area contributed by atoms with E-state index < -0.39 is 23.1 Å². The Morgan fingerprint density at radius 3 is 2.32 bits per heavy atom. The molecule has 5 nitrogen and oxygen atoms in total. The normalized spacial score (nSPS) is 10.2. The number of hydrogen-bond acceptors (Lipinski definition) is 4. The Kier molecular flexibility index (Phi) is 2.97. The van der Waals surface area contributed by atoms with Crippen LogP contribution in [0.5, 0.6) is 11.5 Å². The van der Waals surface area contributed by atoms with Crippen LogP contribution in [0.4, 0.5) is 4.39 Å². The number of aromatic hydroxyl groups is 2. The summed E-state index contributed by atoms with van der Waals surface area (Å²) >= 11 is 0. The minimum atomic E-state index is -0.669. The quantitative estimate of drug-likeness (QED) is 0.809. The Hall–Kier alpha value is -2.81. The number of ketones is 1. The van der Waals surface area contributed by atoms with Gasteiger partial charge in [-0.1, -0.05) is 0 Å². The lowest BCUT2D eigenvalue weighted by Gasteiger charge is -2.08. The Bertz CT molecular complexity index is 696. The van der Waals surface area contributed by atoms with Crippen molar-refractivity contribution in [3.05, 3.63) is 41.5 Å². The van der Waals surface area contributed by atoms with Crippen molar-refractivity contribution in [1.29, 1.82) is 5.26 Å². The third kappa shape index (κ3) is 1.91. The summed E-state index contributed by atoms with van der Waals surface area (Å²) in [5.41, 5.74) is -0.214. The summed E-state index contributed by atoms with van der Waals surface area (Å²) in [6.45, 7) is 1.19. The maximum Gasteiger partial charge on any atom is 0.195 e. The van der Waals surface area contributed by atoms with Crippen molar-refractivity contribution in [2.75, 3.05) is 0 Å². The molecule has 2 N–H and O–H groups in total. The van der Waals surface area contributed by atoms with Crippen LogP contribution in [0.15, 0.2) is 24.3 Å². The summed E-state index contributed by atoms with van der Waals surface area (Å²) in [6.07, 6.45) is 0. The molecule has 0 saturated heterocycles. The van der Waals surface area contributed by atoms with E-state index in [2.05, 4.69) is 0 Å². The SMILES string of the molecule is CC(=O)c1c(O)c(O)c(C#N)n1-c1ccc(F)cc1. The molecule has 2 aromatic rings. The molecule has 1 heterocycles. The Balaban J connectivity index is 2.82. The fourth-order valence-electron chi connectivity index (χ4n) is 1.82. The molecule has 0 spiro atoms. The minimum Gasteiger partial charge on any atom is -0.503 e. The largest absolute Gasteiger partial charge is 0.503 e. The van der Waals surface area contributed by atoms with Gasteiger partial charge in [0, 0.05) is 12.6 Å². The van der Waals surface area contributed by atoms with E-state index in [1.807, 2.05) is 0 Å². The molecule has 0 radical (unpaired) electrons. The zero-order valence-corrected chi connectivity index (χ0v) is 9.88. The zero-order chi connectivity index (χ0) is 14.2. The first-order valence-corrected chi connectivity index (χ1v) is 5.31. The van der Waals surface area contributed by atoms with E-state index in [0.717, 1.165) is 16.7 Å². The average Bonchev–Trinajstić information content (AvgIpc) is 2.63. The maximum absolute atomic E-state index is 12.9. The van der Waals surface area contributed by atoms with Crippen LogP contribution in [0.25, 0.3) is 5.69 Å². The van der Waals surface area contributed by atoms with Gasteiger partial charge in [0.15, 0.2) is 23.0 Å². The van der Waals surface area contributed by atoms with Gasteiger partial charge in [0.1, 0.15) is 17.6 Å². The van der Waals surface area contributed by atoms with Gasteiger partial charge in [-0.25, -0.2) is 4.39 Å². The molecule has 0 aliphatic heterocycles. The highest BCUT2D eigenvalue weighted by Crippen LogP contribution is 2.37. The number of hydrogen-bond donors (Lipinski definition) is 2. The third-order valence-electron chi connectivity index (χ3n) is 2.64. The van der Waals surface area contributed by atoms with Crippen LogP contribution in [-0.4, -0.2) is 20.6 Å². The smallest absolute Gasteiger partial charge is 0.195 e. The molecule has 0 saturated carbocycles. The number of nitrogens with zero attached hydrogens (tertiary/aromatic N) is 2. The number of carbonyl (C=O) groups excluding carboxylic acids is 1. The minimum absolute atomic E-state index is 0.222. The van der Waals surface area contributed by atoms with Gasteiger partial charge in [-0.05, 0) is 24.3 Å².